The maximum absolute atomic E-state index is 9.92. The topological polar surface area (TPSA) is 38.1 Å². The molecule has 0 saturated heterocycles. The minimum absolute atomic E-state index is 0.504. The monoisotopic (exact) mass is 226 g/mol. The van der Waals surface area contributed by atoms with Gasteiger partial charge in [-0.3, -0.25) is 4.68 Å². The first-order chi connectivity index (χ1) is 7.07. The van der Waals surface area contributed by atoms with Gasteiger partial charge in [-0.25, -0.2) is 0 Å². The summed E-state index contributed by atoms with van der Waals surface area (Å²) in [6.45, 7) is 3.63. The quantitative estimate of drug-likeness (QED) is 0.803. The fourth-order valence-electron chi connectivity index (χ4n) is 1.50. The Morgan fingerprint density at radius 1 is 1.60 bits per heavy atom. The first-order valence-electron chi connectivity index (χ1n) is 4.84. The third-order valence-electron chi connectivity index (χ3n) is 2.25. The predicted octanol–water partition coefficient (Wildman–Crippen LogP) is 2.22. The molecular weight excluding hydrogens is 212 g/mol. The molecule has 1 rings (SSSR count). The highest BCUT2D eigenvalue weighted by molar-refractivity contribution is 6.30. The van der Waals surface area contributed by atoms with Crippen molar-refractivity contribution in [2.45, 2.75) is 32.8 Å². The number of halogens is 1. The number of aromatic nitrogens is 2. The summed E-state index contributed by atoms with van der Waals surface area (Å²) in [5.41, 5.74) is 1.50. The summed E-state index contributed by atoms with van der Waals surface area (Å²) < 4.78 is 1.57. The van der Waals surface area contributed by atoms with Gasteiger partial charge in [-0.2, -0.15) is 5.10 Å². The van der Waals surface area contributed by atoms with Crippen LogP contribution in [0.4, 0.5) is 0 Å². The number of rotatable bonds is 3. The van der Waals surface area contributed by atoms with Crippen LogP contribution in [0.15, 0.2) is 0 Å². The van der Waals surface area contributed by atoms with Crippen LogP contribution in [0.2, 0.25) is 5.15 Å². The van der Waals surface area contributed by atoms with Crippen molar-refractivity contribution in [1.29, 1.82) is 0 Å². The van der Waals surface area contributed by atoms with Gasteiger partial charge < -0.3 is 5.11 Å². The molecule has 0 aliphatic carbocycles. The second-order valence-electron chi connectivity index (χ2n) is 3.39. The molecule has 0 aliphatic rings. The molecule has 1 atom stereocenters. The SMILES string of the molecule is CC#CCCC(O)c1c(C)nn(C)c1Cl. The van der Waals surface area contributed by atoms with Crippen molar-refractivity contribution >= 4 is 11.6 Å². The molecule has 0 radical (unpaired) electrons. The van der Waals surface area contributed by atoms with Gasteiger partial charge in [0.1, 0.15) is 5.15 Å². The minimum Gasteiger partial charge on any atom is -0.388 e. The van der Waals surface area contributed by atoms with Crippen molar-refractivity contribution in [3.63, 3.8) is 0 Å². The van der Waals surface area contributed by atoms with E-state index in [0.29, 0.717) is 18.0 Å². The van der Waals surface area contributed by atoms with Gasteiger partial charge in [0.2, 0.25) is 0 Å². The van der Waals surface area contributed by atoms with Gasteiger partial charge in [-0.15, -0.1) is 11.8 Å². The van der Waals surface area contributed by atoms with Crippen molar-refractivity contribution in [3.8, 4) is 11.8 Å². The van der Waals surface area contributed by atoms with Crippen LogP contribution >= 0.6 is 11.6 Å². The molecule has 0 aromatic carbocycles. The molecule has 0 bridgehead atoms. The van der Waals surface area contributed by atoms with Gasteiger partial charge in [0, 0.05) is 19.0 Å². The fourth-order valence-corrected chi connectivity index (χ4v) is 1.80. The molecule has 0 fully saturated rings. The Morgan fingerprint density at radius 3 is 2.73 bits per heavy atom. The number of hydrogen-bond acceptors (Lipinski definition) is 2. The van der Waals surface area contributed by atoms with E-state index < -0.39 is 6.10 Å². The highest BCUT2D eigenvalue weighted by Gasteiger charge is 2.18. The molecule has 1 unspecified atom stereocenters. The zero-order chi connectivity index (χ0) is 11.4. The third-order valence-corrected chi connectivity index (χ3v) is 2.70. The molecule has 1 aromatic heterocycles. The van der Waals surface area contributed by atoms with E-state index in [1.807, 2.05) is 6.92 Å². The number of nitrogens with zero attached hydrogens (tertiary/aromatic N) is 2. The van der Waals surface area contributed by atoms with Crippen LogP contribution in [-0.2, 0) is 7.05 Å². The van der Waals surface area contributed by atoms with Crippen LogP contribution in [0.1, 0.15) is 37.1 Å². The highest BCUT2D eigenvalue weighted by Crippen LogP contribution is 2.28. The summed E-state index contributed by atoms with van der Waals surface area (Å²) in [6, 6.07) is 0. The summed E-state index contributed by atoms with van der Waals surface area (Å²) >= 11 is 6.03. The first-order valence-corrected chi connectivity index (χ1v) is 5.22. The molecule has 0 amide bonds. The van der Waals surface area contributed by atoms with E-state index >= 15 is 0 Å². The number of aryl methyl sites for hydroxylation is 2. The average Bonchev–Trinajstić information content (AvgIpc) is 2.41. The molecule has 1 N–H and O–H groups in total. The maximum atomic E-state index is 9.92. The summed E-state index contributed by atoms with van der Waals surface area (Å²) in [5.74, 6) is 5.71. The highest BCUT2D eigenvalue weighted by atomic mass is 35.5. The normalized spacial score (nSPS) is 12.1. The Bertz CT molecular complexity index is 401. The Hall–Kier alpha value is -0.980. The minimum atomic E-state index is -0.577. The molecule has 82 valence electrons. The largest absolute Gasteiger partial charge is 0.388 e. The van der Waals surface area contributed by atoms with Crippen molar-refractivity contribution < 1.29 is 5.11 Å². The molecule has 1 aromatic rings. The summed E-state index contributed by atoms with van der Waals surface area (Å²) in [7, 11) is 1.76. The molecule has 0 aliphatic heterocycles. The Kier molecular flexibility index (Phi) is 4.19. The smallest absolute Gasteiger partial charge is 0.132 e. The van der Waals surface area contributed by atoms with Crippen molar-refractivity contribution in [2.75, 3.05) is 0 Å². The Morgan fingerprint density at radius 2 is 2.27 bits per heavy atom. The first kappa shape index (κ1) is 12.1. The summed E-state index contributed by atoms with van der Waals surface area (Å²) in [5, 5.41) is 14.6. The second kappa shape index (κ2) is 5.20. The predicted molar refractivity (Wildman–Crippen MR) is 60.6 cm³/mol. The summed E-state index contributed by atoms with van der Waals surface area (Å²) in [4.78, 5) is 0. The third kappa shape index (κ3) is 2.74. The van der Waals surface area contributed by atoms with E-state index in [9.17, 15) is 5.11 Å². The molecular formula is C11H15ClN2O. The van der Waals surface area contributed by atoms with Crippen LogP contribution in [0, 0.1) is 18.8 Å². The van der Waals surface area contributed by atoms with Crippen molar-refractivity contribution in [1.82, 2.24) is 9.78 Å². The van der Waals surface area contributed by atoms with Gasteiger partial charge >= 0.3 is 0 Å². The van der Waals surface area contributed by atoms with Gasteiger partial charge in [-0.1, -0.05) is 11.6 Å². The maximum Gasteiger partial charge on any atom is 0.132 e. The van der Waals surface area contributed by atoms with Gasteiger partial charge in [0.15, 0.2) is 0 Å². The van der Waals surface area contributed by atoms with E-state index in [2.05, 4.69) is 16.9 Å². The number of aliphatic hydroxyl groups excluding tert-OH is 1. The Labute approximate surface area is 95.1 Å². The van der Waals surface area contributed by atoms with Crippen LogP contribution in [-0.4, -0.2) is 14.9 Å². The van der Waals surface area contributed by atoms with Crippen molar-refractivity contribution in [2.24, 2.45) is 7.05 Å². The van der Waals surface area contributed by atoms with E-state index in [-0.39, 0.29) is 0 Å². The van der Waals surface area contributed by atoms with Gasteiger partial charge in [-0.05, 0) is 20.3 Å². The summed E-state index contributed by atoms with van der Waals surface area (Å²) in [6.07, 6.45) is 0.683. The zero-order valence-electron chi connectivity index (χ0n) is 9.21. The molecule has 4 heteroatoms. The number of hydrogen-bond donors (Lipinski definition) is 1. The van der Waals surface area contributed by atoms with Crippen LogP contribution in [0.25, 0.3) is 0 Å². The molecule has 0 spiro atoms. The van der Waals surface area contributed by atoms with E-state index in [1.54, 1.807) is 18.7 Å². The van der Waals surface area contributed by atoms with E-state index in [4.69, 9.17) is 11.6 Å². The molecule has 15 heavy (non-hydrogen) atoms. The molecule has 3 nitrogen and oxygen atoms in total. The van der Waals surface area contributed by atoms with Gasteiger partial charge in [0.25, 0.3) is 0 Å². The van der Waals surface area contributed by atoms with Gasteiger partial charge in [0.05, 0.1) is 11.8 Å². The van der Waals surface area contributed by atoms with Crippen LogP contribution < -0.4 is 0 Å². The lowest BCUT2D eigenvalue weighted by Gasteiger charge is -2.08. The van der Waals surface area contributed by atoms with Crippen molar-refractivity contribution in [3.05, 3.63) is 16.4 Å². The lowest BCUT2D eigenvalue weighted by Crippen LogP contribution is -1.98. The van der Waals surface area contributed by atoms with Crippen LogP contribution in [0.3, 0.4) is 0 Å². The Balaban J connectivity index is 2.79. The molecule has 0 saturated carbocycles. The lowest BCUT2D eigenvalue weighted by atomic mass is 10.1. The lowest BCUT2D eigenvalue weighted by molar-refractivity contribution is 0.169. The fraction of sp³-hybridized carbons (Fsp3) is 0.545. The zero-order valence-corrected chi connectivity index (χ0v) is 9.97. The average molecular weight is 227 g/mol. The number of aliphatic hydroxyl groups is 1. The standard InChI is InChI=1S/C11H15ClN2O/c1-4-5-6-7-9(15)10-8(2)13-14(3)11(10)12/h9,15H,6-7H2,1-3H3. The molecule has 1 heterocycles. The van der Waals surface area contributed by atoms with E-state index in [1.165, 1.54) is 0 Å². The van der Waals surface area contributed by atoms with E-state index in [0.717, 1.165) is 11.3 Å². The van der Waals surface area contributed by atoms with Crippen LogP contribution in [0.5, 0.6) is 0 Å². The second-order valence-corrected chi connectivity index (χ2v) is 3.75.